The van der Waals surface area contributed by atoms with Gasteiger partial charge in [0.2, 0.25) is 10.0 Å². The molecular weight excluding hydrogens is 212 g/mol. The van der Waals surface area contributed by atoms with Gasteiger partial charge in [-0.2, -0.15) is 0 Å². The highest BCUT2D eigenvalue weighted by Crippen LogP contribution is 2.01. The SMILES string of the molecule is CCS(=O)(=O)NCCc1ccnc(C)c1. The molecule has 0 saturated carbocycles. The molecular formula is C10H16N2O2S. The van der Waals surface area contributed by atoms with Crippen molar-refractivity contribution in [1.29, 1.82) is 0 Å². The largest absolute Gasteiger partial charge is 0.262 e. The van der Waals surface area contributed by atoms with Crippen molar-refractivity contribution in [2.75, 3.05) is 12.3 Å². The van der Waals surface area contributed by atoms with Crippen molar-refractivity contribution in [3.63, 3.8) is 0 Å². The van der Waals surface area contributed by atoms with Crippen LogP contribution in [0.4, 0.5) is 0 Å². The molecule has 0 unspecified atom stereocenters. The van der Waals surface area contributed by atoms with Gasteiger partial charge in [-0.15, -0.1) is 0 Å². The highest BCUT2D eigenvalue weighted by molar-refractivity contribution is 7.89. The van der Waals surface area contributed by atoms with E-state index < -0.39 is 10.0 Å². The summed E-state index contributed by atoms with van der Waals surface area (Å²) in [5.41, 5.74) is 2.05. The van der Waals surface area contributed by atoms with Crippen molar-refractivity contribution in [2.24, 2.45) is 0 Å². The smallest absolute Gasteiger partial charge is 0.211 e. The molecule has 0 aliphatic heterocycles. The third-order valence-corrected chi connectivity index (χ3v) is 3.48. The van der Waals surface area contributed by atoms with E-state index in [-0.39, 0.29) is 5.75 Å². The van der Waals surface area contributed by atoms with Gasteiger partial charge >= 0.3 is 0 Å². The van der Waals surface area contributed by atoms with E-state index in [0.29, 0.717) is 13.0 Å². The topological polar surface area (TPSA) is 59.1 Å². The summed E-state index contributed by atoms with van der Waals surface area (Å²) in [6, 6.07) is 3.85. The molecule has 5 heteroatoms. The lowest BCUT2D eigenvalue weighted by Crippen LogP contribution is -2.27. The van der Waals surface area contributed by atoms with E-state index in [1.165, 1.54) is 0 Å². The van der Waals surface area contributed by atoms with Gasteiger partial charge in [-0.25, -0.2) is 13.1 Å². The van der Waals surface area contributed by atoms with Crippen molar-refractivity contribution >= 4 is 10.0 Å². The molecule has 1 heterocycles. The van der Waals surface area contributed by atoms with Gasteiger partial charge in [-0.1, -0.05) is 0 Å². The molecule has 1 aromatic heterocycles. The van der Waals surface area contributed by atoms with Crippen LogP contribution in [0.15, 0.2) is 18.3 Å². The van der Waals surface area contributed by atoms with E-state index >= 15 is 0 Å². The number of aromatic nitrogens is 1. The van der Waals surface area contributed by atoms with Gasteiger partial charge in [-0.3, -0.25) is 4.98 Å². The Morgan fingerprint density at radius 3 is 2.80 bits per heavy atom. The normalized spacial score (nSPS) is 11.6. The van der Waals surface area contributed by atoms with Crippen LogP contribution < -0.4 is 4.72 Å². The fraction of sp³-hybridized carbons (Fsp3) is 0.500. The Balaban J connectivity index is 2.45. The van der Waals surface area contributed by atoms with Crippen LogP contribution in [-0.4, -0.2) is 25.7 Å². The molecule has 0 fully saturated rings. The minimum Gasteiger partial charge on any atom is -0.262 e. The van der Waals surface area contributed by atoms with Crippen LogP contribution in [0, 0.1) is 6.92 Å². The number of aryl methyl sites for hydroxylation is 1. The number of rotatable bonds is 5. The van der Waals surface area contributed by atoms with E-state index in [2.05, 4.69) is 9.71 Å². The molecule has 1 N–H and O–H groups in total. The Morgan fingerprint density at radius 2 is 2.20 bits per heavy atom. The highest BCUT2D eigenvalue weighted by atomic mass is 32.2. The maximum absolute atomic E-state index is 11.1. The zero-order valence-electron chi connectivity index (χ0n) is 9.03. The van der Waals surface area contributed by atoms with Crippen LogP contribution >= 0.6 is 0 Å². The van der Waals surface area contributed by atoms with Gasteiger partial charge in [0.1, 0.15) is 0 Å². The third kappa shape index (κ3) is 4.40. The summed E-state index contributed by atoms with van der Waals surface area (Å²) in [5.74, 6) is 0.127. The molecule has 84 valence electrons. The summed E-state index contributed by atoms with van der Waals surface area (Å²) < 4.78 is 24.8. The monoisotopic (exact) mass is 228 g/mol. The molecule has 0 aliphatic rings. The summed E-state index contributed by atoms with van der Waals surface area (Å²) in [5, 5.41) is 0. The lowest BCUT2D eigenvalue weighted by Gasteiger charge is -2.04. The van der Waals surface area contributed by atoms with E-state index in [9.17, 15) is 8.42 Å². The minimum absolute atomic E-state index is 0.127. The lowest BCUT2D eigenvalue weighted by atomic mass is 10.2. The predicted molar refractivity (Wildman–Crippen MR) is 60.1 cm³/mol. The number of sulfonamides is 1. The van der Waals surface area contributed by atoms with Gasteiger partial charge in [-0.05, 0) is 38.0 Å². The van der Waals surface area contributed by atoms with Gasteiger partial charge < -0.3 is 0 Å². The van der Waals surface area contributed by atoms with Crippen molar-refractivity contribution in [3.05, 3.63) is 29.6 Å². The fourth-order valence-corrected chi connectivity index (χ4v) is 1.83. The summed E-state index contributed by atoms with van der Waals surface area (Å²) in [6.07, 6.45) is 2.43. The van der Waals surface area contributed by atoms with Crippen molar-refractivity contribution in [3.8, 4) is 0 Å². The second kappa shape index (κ2) is 5.23. The number of nitrogens with zero attached hydrogens (tertiary/aromatic N) is 1. The Kier molecular flexibility index (Phi) is 4.23. The van der Waals surface area contributed by atoms with Crippen LogP contribution in [0.2, 0.25) is 0 Å². The standard InChI is InChI=1S/C10H16N2O2S/c1-3-15(13,14)12-7-5-10-4-6-11-9(2)8-10/h4,6,8,12H,3,5,7H2,1-2H3. The first-order valence-electron chi connectivity index (χ1n) is 4.92. The van der Waals surface area contributed by atoms with E-state index in [0.717, 1.165) is 11.3 Å². The number of pyridine rings is 1. The maximum Gasteiger partial charge on any atom is 0.211 e. The zero-order chi connectivity index (χ0) is 11.3. The van der Waals surface area contributed by atoms with E-state index in [1.807, 2.05) is 19.1 Å². The first-order chi connectivity index (χ1) is 7.03. The summed E-state index contributed by atoms with van der Waals surface area (Å²) in [4.78, 5) is 4.07. The Bertz CT molecular complexity index is 415. The van der Waals surface area contributed by atoms with Crippen molar-refractivity contribution < 1.29 is 8.42 Å². The Hall–Kier alpha value is -0.940. The molecule has 0 saturated heterocycles. The average Bonchev–Trinajstić information content (AvgIpc) is 2.18. The van der Waals surface area contributed by atoms with Gasteiger partial charge in [0.25, 0.3) is 0 Å². The third-order valence-electron chi connectivity index (χ3n) is 2.08. The minimum atomic E-state index is -3.07. The van der Waals surface area contributed by atoms with E-state index in [4.69, 9.17) is 0 Å². The Labute approximate surface area is 90.8 Å². The molecule has 1 rings (SSSR count). The molecule has 4 nitrogen and oxygen atoms in total. The number of nitrogens with one attached hydrogen (secondary N) is 1. The Morgan fingerprint density at radius 1 is 1.47 bits per heavy atom. The first-order valence-corrected chi connectivity index (χ1v) is 6.57. The maximum atomic E-state index is 11.1. The van der Waals surface area contributed by atoms with Crippen LogP contribution in [0.25, 0.3) is 0 Å². The molecule has 0 atom stereocenters. The number of hydrogen-bond donors (Lipinski definition) is 1. The van der Waals surface area contributed by atoms with Gasteiger partial charge in [0.15, 0.2) is 0 Å². The van der Waals surface area contributed by atoms with Crippen molar-refractivity contribution in [2.45, 2.75) is 20.3 Å². The summed E-state index contributed by atoms with van der Waals surface area (Å²) >= 11 is 0. The van der Waals surface area contributed by atoms with E-state index in [1.54, 1.807) is 13.1 Å². The fourth-order valence-electron chi connectivity index (χ4n) is 1.21. The first kappa shape index (κ1) is 12.1. The summed E-state index contributed by atoms with van der Waals surface area (Å²) in [6.45, 7) is 3.98. The lowest BCUT2D eigenvalue weighted by molar-refractivity contribution is 0.583. The molecule has 0 aliphatic carbocycles. The quantitative estimate of drug-likeness (QED) is 0.813. The van der Waals surface area contributed by atoms with Crippen molar-refractivity contribution in [1.82, 2.24) is 9.71 Å². The highest BCUT2D eigenvalue weighted by Gasteiger charge is 2.04. The molecule has 0 bridgehead atoms. The van der Waals surface area contributed by atoms with Crippen LogP contribution in [0.5, 0.6) is 0 Å². The second-order valence-corrected chi connectivity index (χ2v) is 5.45. The molecule has 15 heavy (non-hydrogen) atoms. The molecule has 0 spiro atoms. The van der Waals surface area contributed by atoms with Crippen LogP contribution in [0.3, 0.4) is 0 Å². The van der Waals surface area contributed by atoms with Crippen LogP contribution in [0.1, 0.15) is 18.2 Å². The number of hydrogen-bond acceptors (Lipinski definition) is 3. The zero-order valence-corrected chi connectivity index (χ0v) is 9.84. The predicted octanol–water partition coefficient (Wildman–Crippen LogP) is 0.872. The van der Waals surface area contributed by atoms with Crippen LogP contribution in [-0.2, 0) is 16.4 Å². The van der Waals surface area contributed by atoms with Gasteiger partial charge in [0, 0.05) is 18.4 Å². The second-order valence-electron chi connectivity index (χ2n) is 3.35. The summed E-state index contributed by atoms with van der Waals surface area (Å²) in [7, 11) is -3.07. The molecule has 0 amide bonds. The van der Waals surface area contributed by atoms with Gasteiger partial charge in [0.05, 0.1) is 5.75 Å². The average molecular weight is 228 g/mol. The molecule has 0 aromatic carbocycles. The molecule has 1 aromatic rings. The molecule has 0 radical (unpaired) electrons.